The fraction of sp³-hybridized carbons (Fsp3) is 1.00. The van der Waals surface area contributed by atoms with Crippen molar-refractivity contribution in [3.8, 4) is 0 Å². The Labute approximate surface area is 90.4 Å². The maximum Gasteiger partial charge on any atom is 0.510 e. The van der Waals surface area contributed by atoms with E-state index in [4.69, 9.17) is 9.63 Å². The second kappa shape index (κ2) is 6.59. The molecule has 0 rings (SSSR count). The predicted octanol–water partition coefficient (Wildman–Crippen LogP) is 2.91. The summed E-state index contributed by atoms with van der Waals surface area (Å²) >= 11 is 0. The summed E-state index contributed by atoms with van der Waals surface area (Å²) < 4.78 is 32.6. The highest BCUT2D eigenvalue weighted by atomic mass is 31.2. The third kappa shape index (κ3) is 10.3. The van der Waals surface area contributed by atoms with Crippen molar-refractivity contribution in [1.82, 2.24) is 0 Å². The molecule has 2 atom stereocenters. The Morgan fingerprint density at radius 1 is 1.33 bits per heavy atom. The lowest BCUT2D eigenvalue weighted by atomic mass is 10.1. The van der Waals surface area contributed by atoms with Crippen LogP contribution in [0.25, 0.3) is 0 Å². The van der Waals surface area contributed by atoms with E-state index in [1.54, 1.807) is 0 Å². The van der Waals surface area contributed by atoms with Crippen LogP contribution < -0.4 is 0 Å². The molecule has 0 aliphatic rings. The molecule has 0 fully saturated rings. The molecule has 4 nitrogen and oxygen atoms in total. The topological polar surface area (TPSA) is 55.8 Å². The Hall–Kier alpha value is 0.0400. The molecule has 92 valence electrons. The molecule has 0 aliphatic carbocycles. The van der Waals surface area contributed by atoms with Crippen LogP contribution in [0.4, 0.5) is 4.20 Å². The molecule has 15 heavy (non-hydrogen) atoms. The number of rotatable bonds is 7. The molecule has 0 aromatic rings. The second-order valence-corrected chi connectivity index (χ2v) is 5.30. The van der Waals surface area contributed by atoms with E-state index in [0.29, 0.717) is 6.42 Å². The Balaban J connectivity index is 4.13. The summed E-state index contributed by atoms with van der Waals surface area (Å²) in [5.41, 5.74) is 0. The minimum Gasteiger partial charge on any atom is -0.376 e. The van der Waals surface area contributed by atoms with Gasteiger partial charge in [0.05, 0.1) is 18.8 Å². The fourth-order valence-electron chi connectivity index (χ4n) is 1.15. The van der Waals surface area contributed by atoms with E-state index < -0.39 is 14.0 Å². The smallest absolute Gasteiger partial charge is 0.376 e. The van der Waals surface area contributed by atoms with Gasteiger partial charge in [0.25, 0.3) is 0 Å². The van der Waals surface area contributed by atoms with Gasteiger partial charge in [-0.2, -0.15) is 0 Å². The van der Waals surface area contributed by atoms with Gasteiger partial charge in [-0.15, -0.1) is 4.20 Å². The van der Waals surface area contributed by atoms with Crippen LogP contribution in [-0.2, 0) is 13.8 Å². The van der Waals surface area contributed by atoms with Crippen molar-refractivity contribution in [3.63, 3.8) is 0 Å². The van der Waals surface area contributed by atoms with Crippen molar-refractivity contribution in [2.75, 3.05) is 6.61 Å². The van der Waals surface area contributed by atoms with Gasteiger partial charge < -0.3 is 4.74 Å². The van der Waals surface area contributed by atoms with E-state index in [2.05, 4.69) is 4.52 Å². The van der Waals surface area contributed by atoms with Crippen LogP contribution in [0.1, 0.15) is 34.1 Å². The molecular formula is C9H20FO4P. The van der Waals surface area contributed by atoms with E-state index in [-0.39, 0.29) is 18.6 Å². The van der Waals surface area contributed by atoms with Gasteiger partial charge in [0.15, 0.2) is 0 Å². The molecule has 6 heteroatoms. The largest absolute Gasteiger partial charge is 0.510 e. The molecule has 0 radical (unpaired) electrons. The van der Waals surface area contributed by atoms with E-state index >= 15 is 0 Å². The molecule has 0 saturated carbocycles. The molecule has 0 aromatic carbocycles. The van der Waals surface area contributed by atoms with Gasteiger partial charge >= 0.3 is 7.91 Å². The zero-order chi connectivity index (χ0) is 12.1. The van der Waals surface area contributed by atoms with Crippen molar-refractivity contribution >= 4 is 7.91 Å². The van der Waals surface area contributed by atoms with Crippen LogP contribution in [0.3, 0.4) is 0 Å². The van der Waals surface area contributed by atoms with Gasteiger partial charge in [0.2, 0.25) is 0 Å². The van der Waals surface area contributed by atoms with Gasteiger partial charge in [-0.25, -0.2) is 4.57 Å². The summed E-state index contributed by atoms with van der Waals surface area (Å²) in [5, 5.41) is 0. The highest BCUT2D eigenvalue weighted by molar-refractivity contribution is 7.46. The predicted molar refractivity (Wildman–Crippen MR) is 56.3 cm³/mol. The van der Waals surface area contributed by atoms with Crippen LogP contribution in [0.15, 0.2) is 0 Å². The number of hydrogen-bond acceptors (Lipinski definition) is 3. The molecule has 0 spiro atoms. The summed E-state index contributed by atoms with van der Waals surface area (Å²) in [6.45, 7) is 7.64. The van der Waals surface area contributed by atoms with Crippen molar-refractivity contribution in [1.29, 1.82) is 0 Å². The zero-order valence-corrected chi connectivity index (χ0v) is 10.5. The van der Waals surface area contributed by atoms with Crippen LogP contribution in [-0.4, -0.2) is 23.7 Å². The molecule has 0 heterocycles. The first-order valence-corrected chi connectivity index (χ1v) is 6.50. The van der Waals surface area contributed by atoms with Crippen molar-refractivity contribution in [3.05, 3.63) is 0 Å². The Kier molecular flexibility index (Phi) is 6.60. The number of hydrogen-bond donors (Lipinski definition) is 1. The normalized spacial score (nSPS) is 18.1. The summed E-state index contributed by atoms with van der Waals surface area (Å²) in [5.74, 6) is 0.248. The van der Waals surface area contributed by atoms with Gasteiger partial charge in [0, 0.05) is 0 Å². The molecule has 0 aromatic heterocycles. The molecular weight excluding hydrogens is 222 g/mol. The van der Waals surface area contributed by atoms with Crippen LogP contribution in [0.2, 0.25) is 0 Å². The Morgan fingerprint density at radius 2 is 1.87 bits per heavy atom. The lowest BCUT2D eigenvalue weighted by Crippen LogP contribution is -2.22. The first-order valence-electron chi connectivity index (χ1n) is 5.03. The number of halogens is 1. The lowest BCUT2D eigenvalue weighted by molar-refractivity contribution is 0.00106. The third-order valence-corrected chi connectivity index (χ3v) is 2.19. The van der Waals surface area contributed by atoms with Crippen LogP contribution in [0, 0.1) is 5.92 Å². The van der Waals surface area contributed by atoms with Gasteiger partial charge in [-0.05, 0) is 26.2 Å². The van der Waals surface area contributed by atoms with Crippen molar-refractivity contribution in [2.24, 2.45) is 5.92 Å². The SMILES string of the molecule is CC(C)CC(COC(C)C)OP(=O)(O)F. The lowest BCUT2D eigenvalue weighted by Gasteiger charge is -2.20. The first-order chi connectivity index (χ1) is 6.70. The summed E-state index contributed by atoms with van der Waals surface area (Å²) in [4.78, 5) is 8.48. The maximum atomic E-state index is 12.4. The minimum atomic E-state index is -4.92. The first kappa shape index (κ1) is 15.0. The van der Waals surface area contributed by atoms with Gasteiger partial charge in [-0.3, -0.25) is 9.42 Å². The van der Waals surface area contributed by atoms with Crippen LogP contribution >= 0.6 is 7.91 Å². The average molecular weight is 242 g/mol. The second-order valence-electron chi connectivity index (χ2n) is 4.19. The minimum absolute atomic E-state index is 0.0130. The standard InChI is InChI=1S/C9H20FO4P/c1-7(2)5-9(6-13-8(3)4)14-15(10,11)12/h7-9H,5-6H2,1-4H3,(H,11,12). The molecule has 0 aliphatic heterocycles. The highest BCUT2D eigenvalue weighted by Crippen LogP contribution is 2.45. The average Bonchev–Trinajstić information content (AvgIpc) is 1.95. The van der Waals surface area contributed by atoms with E-state index in [0.717, 1.165) is 0 Å². The quantitative estimate of drug-likeness (QED) is 0.697. The van der Waals surface area contributed by atoms with Crippen molar-refractivity contribution < 1.29 is 22.9 Å². The Bertz CT molecular complexity index is 214. The van der Waals surface area contributed by atoms with E-state index in [9.17, 15) is 8.76 Å². The van der Waals surface area contributed by atoms with E-state index in [1.165, 1.54) is 0 Å². The van der Waals surface area contributed by atoms with Crippen LogP contribution in [0.5, 0.6) is 0 Å². The number of ether oxygens (including phenoxy) is 1. The highest BCUT2D eigenvalue weighted by Gasteiger charge is 2.25. The van der Waals surface area contributed by atoms with E-state index in [1.807, 2.05) is 27.7 Å². The third-order valence-electron chi connectivity index (χ3n) is 1.63. The summed E-state index contributed by atoms with van der Waals surface area (Å²) in [6.07, 6.45) is -0.199. The molecule has 0 saturated heterocycles. The van der Waals surface area contributed by atoms with Gasteiger partial charge in [-0.1, -0.05) is 13.8 Å². The molecule has 2 unspecified atom stereocenters. The van der Waals surface area contributed by atoms with Crippen molar-refractivity contribution in [2.45, 2.75) is 46.3 Å². The molecule has 0 amide bonds. The van der Waals surface area contributed by atoms with Gasteiger partial charge in [0.1, 0.15) is 0 Å². The maximum absolute atomic E-state index is 12.4. The molecule has 1 N–H and O–H groups in total. The fourth-order valence-corrected chi connectivity index (χ4v) is 1.67. The monoisotopic (exact) mass is 242 g/mol. The summed E-state index contributed by atoms with van der Waals surface area (Å²) in [6, 6.07) is 0. The Morgan fingerprint density at radius 3 is 2.20 bits per heavy atom. The molecule has 0 bridgehead atoms. The summed E-state index contributed by atoms with van der Waals surface area (Å²) in [7, 11) is -4.92. The zero-order valence-electron chi connectivity index (χ0n) is 9.64.